The maximum absolute atomic E-state index is 3.52. The second-order valence-electron chi connectivity index (χ2n) is 5.60. The normalized spacial score (nSPS) is 17.8. The van der Waals surface area contributed by atoms with Crippen LogP contribution in [0.5, 0.6) is 0 Å². The molecule has 84 valence electrons. The summed E-state index contributed by atoms with van der Waals surface area (Å²) in [6.45, 7) is 9.11. The molecule has 0 aromatic rings. The van der Waals surface area contributed by atoms with Crippen LogP contribution in [0.2, 0.25) is 0 Å². The molecule has 1 fully saturated rings. The van der Waals surface area contributed by atoms with Crippen LogP contribution in [0.15, 0.2) is 0 Å². The topological polar surface area (TPSA) is 15.3 Å². The van der Waals surface area contributed by atoms with Crippen LogP contribution in [0, 0.1) is 0 Å². The summed E-state index contributed by atoms with van der Waals surface area (Å²) in [7, 11) is 2.26. The van der Waals surface area contributed by atoms with Gasteiger partial charge in [0.15, 0.2) is 0 Å². The van der Waals surface area contributed by atoms with Crippen LogP contribution in [0.1, 0.15) is 46.5 Å². The lowest BCUT2D eigenvalue weighted by molar-refractivity contribution is 0.311. The molecule has 0 spiro atoms. The summed E-state index contributed by atoms with van der Waals surface area (Å²) in [5, 5.41) is 3.52. The summed E-state index contributed by atoms with van der Waals surface area (Å²) >= 11 is 0. The zero-order chi connectivity index (χ0) is 10.6. The van der Waals surface area contributed by atoms with Crippen molar-refractivity contribution in [2.24, 2.45) is 0 Å². The van der Waals surface area contributed by atoms with Gasteiger partial charge in [-0.3, -0.25) is 0 Å². The molecular formula is C12H26N2. The van der Waals surface area contributed by atoms with Crippen molar-refractivity contribution >= 4 is 0 Å². The van der Waals surface area contributed by atoms with Gasteiger partial charge in [-0.25, -0.2) is 0 Å². The van der Waals surface area contributed by atoms with Crippen LogP contribution in [0.25, 0.3) is 0 Å². The minimum atomic E-state index is 0.280. The molecule has 0 radical (unpaired) electrons. The first-order valence-electron chi connectivity index (χ1n) is 5.94. The zero-order valence-corrected chi connectivity index (χ0v) is 10.3. The van der Waals surface area contributed by atoms with E-state index in [1.807, 2.05) is 0 Å². The van der Waals surface area contributed by atoms with Gasteiger partial charge in [-0.15, -0.1) is 0 Å². The molecule has 0 amide bonds. The van der Waals surface area contributed by atoms with E-state index < -0.39 is 0 Å². The lowest BCUT2D eigenvalue weighted by Gasteiger charge is -2.21. The van der Waals surface area contributed by atoms with E-state index in [1.54, 1.807) is 0 Å². The highest BCUT2D eigenvalue weighted by Gasteiger charge is 2.25. The van der Waals surface area contributed by atoms with Gasteiger partial charge in [0, 0.05) is 11.6 Å². The highest BCUT2D eigenvalue weighted by Crippen LogP contribution is 2.25. The summed E-state index contributed by atoms with van der Waals surface area (Å²) in [5.41, 5.74) is 0.280. The van der Waals surface area contributed by atoms with Crippen molar-refractivity contribution in [3.63, 3.8) is 0 Å². The third-order valence-corrected chi connectivity index (χ3v) is 2.76. The Bertz CT molecular complexity index is 156. The number of hydrogen-bond acceptors (Lipinski definition) is 2. The maximum Gasteiger partial charge on any atom is 0.00965 e. The first-order valence-corrected chi connectivity index (χ1v) is 5.94. The lowest BCUT2D eigenvalue weighted by Crippen LogP contribution is -2.36. The largest absolute Gasteiger partial charge is 0.312 e. The Morgan fingerprint density at radius 2 is 1.86 bits per heavy atom. The van der Waals surface area contributed by atoms with Crippen molar-refractivity contribution in [2.45, 2.75) is 58.0 Å². The lowest BCUT2D eigenvalue weighted by atomic mass is 10.1. The van der Waals surface area contributed by atoms with Crippen LogP contribution < -0.4 is 5.32 Å². The molecule has 2 heteroatoms. The van der Waals surface area contributed by atoms with Gasteiger partial charge in [-0.05, 0) is 66.6 Å². The molecule has 14 heavy (non-hydrogen) atoms. The molecule has 0 heterocycles. The average molecular weight is 198 g/mol. The fraction of sp³-hybridized carbons (Fsp3) is 1.00. The van der Waals surface area contributed by atoms with Crippen LogP contribution >= 0.6 is 0 Å². The van der Waals surface area contributed by atoms with Gasteiger partial charge in [0.1, 0.15) is 0 Å². The molecule has 1 rings (SSSR count). The van der Waals surface area contributed by atoms with Gasteiger partial charge >= 0.3 is 0 Å². The molecule has 1 N–H and O–H groups in total. The van der Waals surface area contributed by atoms with Crippen molar-refractivity contribution in [3.8, 4) is 0 Å². The molecule has 0 atom stereocenters. The van der Waals surface area contributed by atoms with Gasteiger partial charge in [0.25, 0.3) is 0 Å². The Morgan fingerprint density at radius 3 is 2.36 bits per heavy atom. The summed E-state index contributed by atoms with van der Waals surface area (Å²) < 4.78 is 0. The minimum Gasteiger partial charge on any atom is -0.312 e. The highest BCUT2D eigenvalue weighted by atomic mass is 15.1. The van der Waals surface area contributed by atoms with E-state index >= 15 is 0 Å². The third kappa shape index (κ3) is 5.61. The average Bonchev–Trinajstić information content (AvgIpc) is 2.83. The number of hydrogen-bond donors (Lipinski definition) is 1. The van der Waals surface area contributed by atoms with Gasteiger partial charge in [0.05, 0.1) is 0 Å². The van der Waals surface area contributed by atoms with E-state index in [4.69, 9.17) is 0 Å². The Labute approximate surface area is 89.1 Å². The van der Waals surface area contributed by atoms with Crippen LogP contribution in [-0.4, -0.2) is 36.6 Å². The molecule has 2 nitrogen and oxygen atoms in total. The Balaban J connectivity index is 1.88. The number of nitrogens with one attached hydrogen (secondary N) is 1. The smallest absolute Gasteiger partial charge is 0.00965 e. The fourth-order valence-corrected chi connectivity index (χ4v) is 1.65. The molecular weight excluding hydrogens is 172 g/mol. The molecule has 1 aliphatic carbocycles. The summed E-state index contributed by atoms with van der Waals surface area (Å²) in [5.74, 6) is 0. The zero-order valence-electron chi connectivity index (χ0n) is 10.3. The Hall–Kier alpha value is -0.0800. The quantitative estimate of drug-likeness (QED) is 0.659. The van der Waals surface area contributed by atoms with Gasteiger partial charge in [-0.2, -0.15) is 0 Å². The first-order chi connectivity index (χ1) is 6.49. The predicted octanol–water partition coefficient (Wildman–Crippen LogP) is 2.25. The molecule has 1 aliphatic rings. The standard InChI is InChI=1S/C12H26N2/c1-12(2,3)13-9-5-6-10-14(4)11-7-8-11/h11,13H,5-10H2,1-4H3. The van der Waals surface area contributed by atoms with Crippen molar-refractivity contribution in [1.29, 1.82) is 0 Å². The van der Waals surface area contributed by atoms with E-state index in [2.05, 4.69) is 38.0 Å². The number of unbranched alkanes of at least 4 members (excludes halogenated alkanes) is 1. The molecule has 1 saturated carbocycles. The van der Waals surface area contributed by atoms with E-state index in [-0.39, 0.29) is 5.54 Å². The van der Waals surface area contributed by atoms with Crippen molar-refractivity contribution < 1.29 is 0 Å². The SMILES string of the molecule is CN(CCCCNC(C)(C)C)C1CC1. The highest BCUT2D eigenvalue weighted by molar-refractivity contribution is 4.82. The molecule has 0 aromatic carbocycles. The number of rotatable bonds is 6. The van der Waals surface area contributed by atoms with Crippen molar-refractivity contribution in [3.05, 3.63) is 0 Å². The summed E-state index contributed by atoms with van der Waals surface area (Å²) in [4.78, 5) is 2.51. The van der Waals surface area contributed by atoms with Gasteiger partial charge in [0.2, 0.25) is 0 Å². The Morgan fingerprint density at radius 1 is 1.21 bits per heavy atom. The Kier molecular flexibility index (Phi) is 4.39. The van der Waals surface area contributed by atoms with Gasteiger partial charge in [-0.1, -0.05) is 0 Å². The number of nitrogens with zero attached hydrogens (tertiary/aromatic N) is 1. The van der Waals surface area contributed by atoms with E-state index in [1.165, 1.54) is 32.2 Å². The van der Waals surface area contributed by atoms with Crippen LogP contribution in [-0.2, 0) is 0 Å². The van der Waals surface area contributed by atoms with Crippen molar-refractivity contribution in [1.82, 2.24) is 10.2 Å². The summed E-state index contributed by atoms with van der Waals surface area (Å²) in [6, 6.07) is 0.922. The second-order valence-corrected chi connectivity index (χ2v) is 5.60. The van der Waals surface area contributed by atoms with Crippen LogP contribution in [0.3, 0.4) is 0 Å². The van der Waals surface area contributed by atoms with E-state index in [9.17, 15) is 0 Å². The molecule has 0 aliphatic heterocycles. The fourth-order valence-electron chi connectivity index (χ4n) is 1.65. The van der Waals surface area contributed by atoms with Crippen LogP contribution in [0.4, 0.5) is 0 Å². The third-order valence-electron chi connectivity index (χ3n) is 2.76. The maximum atomic E-state index is 3.52. The predicted molar refractivity (Wildman–Crippen MR) is 62.6 cm³/mol. The minimum absolute atomic E-state index is 0.280. The molecule has 0 aromatic heterocycles. The van der Waals surface area contributed by atoms with E-state index in [0.29, 0.717) is 0 Å². The monoisotopic (exact) mass is 198 g/mol. The summed E-state index contributed by atoms with van der Waals surface area (Å²) in [6.07, 6.45) is 5.48. The van der Waals surface area contributed by atoms with Gasteiger partial charge < -0.3 is 10.2 Å². The van der Waals surface area contributed by atoms with Crippen molar-refractivity contribution in [2.75, 3.05) is 20.1 Å². The second kappa shape index (κ2) is 5.13. The molecule has 0 unspecified atom stereocenters. The molecule has 0 saturated heterocycles. The molecule has 0 bridgehead atoms. The first kappa shape index (κ1) is 12.0. The van der Waals surface area contributed by atoms with E-state index in [0.717, 1.165) is 12.6 Å².